The van der Waals surface area contributed by atoms with Crippen molar-refractivity contribution in [1.29, 1.82) is 0 Å². The third-order valence-electron chi connectivity index (χ3n) is 5.46. The number of hydrogen-bond donors (Lipinski definition) is 1. The van der Waals surface area contributed by atoms with Crippen molar-refractivity contribution in [3.05, 3.63) is 64.0 Å². The number of nitrogens with one attached hydrogen (secondary N) is 1. The largest absolute Gasteiger partial charge is 0.467 e. The van der Waals surface area contributed by atoms with Crippen molar-refractivity contribution >= 4 is 17.6 Å². The zero-order valence-corrected chi connectivity index (χ0v) is 16.6. The van der Waals surface area contributed by atoms with E-state index in [1.54, 1.807) is 6.07 Å². The van der Waals surface area contributed by atoms with E-state index >= 15 is 0 Å². The molecule has 1 amide bonds. The van der Waals surface area contributed by atoms with E-state index < -0.39 is 34.3 Å². The number of ether oxygens (including phenoxy) is 1. The number of nitrogens with zero attached hydrogens (tertiary/aromatic N) is 1. The number of nitro groups is 1. The molecule has 2 aromatic rings. The minimum Gasteiger partial charge on any atom is -0.467 e. The molecule has 7 nitrogen and oxygen atoms in total. The van der Waals surface area contributed by atoms with E-state index in [9.17, 15) is 24.1 Å². The summed E-state index contributed by atoms with van der Waals surface area (Å²) in [6.07, 6.45) is 4.54. The third-order valence-corrected chi connectivity index (χ3v) is 5.46. The molecule has 0 radical (unpaired) electrons. The maximum absolute atomic E-state index is 13.5. The van der Waals surface area contributed by atoms with Gasteiger partial charge in [0.25, 0.3) is 11.6 Å². The summed E-state index contributed by atoms with van der Waals surface area (Å²) in [6, 6.07) is 8.88. The van der Waals surface area contributed by atoms with E-state index in [2.05, 4.69) is 5.32 Å². The fourth-order valence-electron chi connectivity index (χ4n) is 3.90. The Kier molecular flexibility index (Phi) is 6.76. The first-order chi connectivity index (χ1) is 14.4. The molecule has 1 fully saturated rings. The summed E-state index contributed by atoms with van der Waals surface area (Å²) in [5.41, 5.74) is 0.292. The van der Waals surface area contributed by atoms with Gasteiger partial charge in [0, 0.05) is 6.07 Å². The van der Waals surface area contributed by atoms with E-state index in [4.69, 9.17) is 4.74 Å². The SMILES string of the molecule is COC(=O)[C@@H](NC(=O)c1ccc(-c2cccc(F)c2)cc1[N+](=O)[O-])C1CCCCC1. The van der Waals surface area contributed by atoms with Crippen LogP contribution < -0.4 is 5.32 Å². The highest BCUT2D eigenvalue weighted by molar-refractivity contribution is 6.00. The predicted molar refractivity (Wildman–Crippen MR) is 108 cm³/mol. The molecule has 158 valence electrons. The number of nitro benzene ring substituents is 1. The predicted octanol–water partition coefficient (Wildman–Crippen LogP) is 4.25. The Morgan fingerprint density at radius 2 is 1.83 bits per heavy atom. The molecule has 1 aliphatic rings. The lowest BCUT2D eigenvalue weighted by Gasteiger charge is -2.29. The summed E-state index contributed by atoms with van der Waals surface area (Å²) in [5, 5.41) is 14.3. The number of benzene rings is 2. The molecule has 8 heteroatoms. The first-order valence-corrected chi connectivity index (χ1v) is 9.83. The van der Waals surface area contributed by atoms with Gasteiger partial charge >= 0.3 is 5.97 Å². The Morgan fingerprint density at radius 1 is 1.13 bits per heavy atom. The molecule has 0 unspecified atom stereocenters. The minimum atomic E-state index is -0.856. The van der Waals surface area contributed by atoms with Crippen molar-refractivity contribution < 1.29 is 23.6 Å². The van der Waals surface area contributed by atoms with Gasteiger partial charge in [0.05, 0.1) is 12.0 Å². The van der Waals surface area contributed by atoms with E-state index in [-0.39, 0.29) is 11.5 Å². The maximum atomic E-state index is 13.5. The van der Waals surface area contributed by atoms with Crippen molar-refractivity contribution in [2.45, 2.75) is 38.1 Å². The number of carbonyl (C=O) groups is 2. The second kappa shape index (κ2) is 9.47. The smallest absolute Gasteiger partial charge is 0.328 e. The number of hydrogen-bond acceptors (Lipinski definition) is 5. The fraction of sp³-hybridized carbons (Fsp3) is 0.364. The van der Waals surface area contributed by atoms with Gasteiger partial charge < -0.3 is 10.1 Å². The molecular formula is C22H23FN2O5. The van der Waals surface area contributed by atoms with Gasteiger partial charge in [-0.05, 0) is 48.1 Å². The molecule has 1 saturated carbocycles. The summed E-state index contributed by atoms with van der Waals surface area (Å²) >= 11 is 0. The highest BCUT2D eigenvalue weighted by Crippen LogP contribution is 2.30. The molecule has 0 bridgehead atoms. The van der Waals surface area contributed by atoms with Crippen LogP contribution in [0.1, 0.15) is 42.5 Å². The van der Waals surface area contributed by atoms with Crippen molar-refractivity contribution in [3.8, 4) is 11.1 Å². The van der Waals surface area contributed by atoms with E-state index in [0.29, 0.717) is 11.1 Å². The summed E-state index contributed by atoms with van der Waals surface area (Å²) in [7, 11) is 1.25. The number of carbonyl (C=O) groups excluding carboxylic acids is 2. The maximum Gasteiger partial charge on any atom is 0.328 e. The van der Waals surface area contributed by atoms with Crippen LogP contribution in [0.5, 0.6) is 0 Å². The van der Waals surface area contributed by atoms with Gasteiger partial charge in [-0.3, -0.25) is 14.9 Å². The Bertz CT molecular complexity index is 956. The van der Waals surface area contributed by atoms with Crippen LogP contribution in [-0.2, 0) is 9.53 Å². The number of esters is 1. The second-order valence-electron chi connectivity index (χ2n) is 7.37. The number of amides is 1. The standard InChI is InChI=1S/C22H23FN2O5/c1-30-22(27)20(14-6-3-2-4-7-14)24-21(26)18-11-10-16(13-19(18)25(28)29)15-8-5-9-17(23)12-15/h5,8-14,20H,2-4,6-7H2,1H3,(H,24,26)/t20-/m0/s1. The molecule has 1 aliphatic carbocycles. The molecule has 2 aromatic carbocycles. The van der Waals surface area contributed by atoms with Crippen LogP contribution in [0.15, 0.2) is 42.5 Å². The van der Waals surface area contributed by atoms with Crippen LogP contribution in [0.4, 0.5) is 10.1 Å². The zero-order valence-electron chi connectivity index (χ0n) is 16.6. The molecule has 3 rings (SSSR count). The molecule has 1 N–H and O–H groups in total. The average Bonchev–Trinajstić information content (AvgIpc) is 2.77. The summed E-state index contributed by atoms with van der Waals surface area (Å²) in [5.74, 6) is -1.81. The number of halogens is 1. The Balaban J connectivity index is 1.90. The monoisotopic (exact) mass is 414 g/mol. The van der Waals surface area contributed by atoms with Crippen molar-refractivity contribution in [1.82, 2.24) is 5.32 Å². The van der Waals surface area contributed by atoms with Gasteiger partial charge in [0.15, 0.2) is 0 Å². The van der Waals surface area contributed by atoms with Gasteiger partial charge in [0.2, 0.25) is 0 Å². The minimum absolute atomic E-state index is 0.0687. The van der Waals surface area contributed by atoms with Crippen molar-refractivity contribution in [3.63, 3.8) is 0 Å². The van der Waals surface area contributed by atoms with Gasteiger partial charge in [-0.25, -0.2) is 9.18 Å². The second-order valence-corrected chi connectivity index (χ2v) is 7.37. The lowest BCUT2D eigenvalue weighted by Crippen LogP contribution is -2.47. The number of rotatable bonds is 6. The Hall–Kier alpha value is -3.29. The van der Waals surface area contributed by atoms with Crippen LogP contribution in [0.3, 0.4) is 0 Å². The van der Waals surface area contributed by atoms with Crippen LogP contribution in [0.25, 0.3) is 11.1 Å². The highest BCUT2D eigenvalue weighted by atomic mass is 19.1. The molecule has 0 heterocycles. The third kappa shape index (κ3) is 4.82. The first-order valence-electron chi connectivity index (χ1n) is 9.83. The van der Waals surface area contributed by atoms with Gasteiger partial charge in [-0.1, -0.05) is 37.5 Å². The Morgan fingerprint density at radius 3 is 2.47 bits per heavy atom. The van der Waals surface area contributed by atoms with Crippen LogP contribution in [0, 0.1) is 21.8 Å². The summed E-state index contributed by atoms with van der Waals surface area (Å²) in [4.78, 5) is 36.1. The van der Waals surface area contributed by atoms with Gasteiger partial charge in [-0.2, -0.15) is 0 Å². The van der Waals surface area contributed by atoms with Crippen molar-refractivity contribution in [2.75, 3.05) is 7.11 Å². The fourth-order valence-corrected chi connectivity index (χ4v) is 3.90. The Labute approximate surface area is 173 Å². The zero-order chi connectivity index (χ0) is 21.7. The molecule has 0 spiro atoms. The first kappa shape index (κ1) is 21.4. The summed E-state index contributed by atoms with van der Waals surface area (Å²) in [6.45, 7) is 0. The van der Waals surface area contributed by atoms with E-state index in [0.717, 1.165) is 32.1 Å². The molecular weight excluding hydrogens is 391 g/mol. The molecule has 30 heavy (non-hydrogen) atoms. The van der Waals surface area contributed by atoms with E-state index in [1.165, 1.54) is 43.5 Å². The topological polar surface area (TPSA) is 98.5 Å². The lowest BCUT2D eigenvalue weighted by atomic mass is 9.83. The lowest BCUT2D eigenvalue weighted by molar-refractivity contribution is -0.385. The quantitative estimate of drug-likeness (QED) is 0.433. The molecule has 0 aromatic heterocycles. The molecule has 1 atom stereocenters. The normalized spacial score (nSPS) is 15.3. The summed E-state index contributed by atoms with van der Waals surface area (Å²) < 4.78 is 18.4. The van der Waals surface area contributed by atoms with Crippen molar-refractivity contribution in [2.24, 2.45) is 5.92 Å². The van der Waals surface area contributed by atoms with Gasteiger partial charge in [-0.15, -0.1) is 0 Å². The highest BCUT2D eigenvalue weighted by Gasteiger charge is 2.33. The number of methoxy groups -OCH3 is 1. The average molecular weight is 414 g/mol. The van der Waals surface area contributed by atoms with E-state index in [1.807, 2.05) is 0 Å². The van der Waals surface area contributed by atoms with Crippen LogP contribution in [-0.4, -0.2) is 30.0 Å². The van der Waals surface area contributed by atoms with Crippen LogP contribution >= 0.6 is 0 Å². The molecule has 0 saturated heterocycles. The van der Waals surface area contributed by atoms with Crippen LogP contribution in [0.2, 0.25) is 0 Å². The molecule has 0 aliphatic heterocycles. The van der Waals surface area contributed by atoms with Gasteiger partial charge in [0.1, 0.15) is 17.4 Å².